The molecule has 1 fully saturated rings. The molecule has 0 unspecified atom stereocenters. The van der Waals surface area contributed by atoms with Gasteiger partial charge in [0.25, 0.3) is 0 Å². The van der Waals surface area contributed by atoms with Crippen molar-refractivity contribution in [1.82, 2.24) is 0 Å². The second-order valence-electron chi connectivity index (χ2n) is 4.74. The van der Waals surface area contributed by atoms with E-state index < -0.39 is 0 Å². The zero-order valence-electron chi connectivity index (χ0n) is 9.98. The Morgan fingerprint density at radius 2 is 2.25 bits per heavy atom. The first-order valence-corrected chi connectivity index (χ1v) is 6.29. The molecule has 1 aliphatic carbocycles. The van der Waals surface area contributed by atoms with Crippen LogP contribution in [0.5, 0.6) is 0 Å². The van der Waals surface area contributed by atoms with Gasteiger partial charge < -0.3 is 0 Å². The molecule has 0 saturated heterocycles. The lowest BCUT2D eigenvalue weighted by atomic mass is 9.77. The van der Waals surface area contributed by atoms with Crippen molar-refractivity contribution in [3.63, 3.8) is 0 Å². The largest absolute Gasteiger partial charge is 0.299 e. The third-order valence-corrected chi connectivity index (χ3v) is 3.48. The Bertz CT molecular complexity index is 253. The van der Waals surface area contributed by atoms with Crippen molar-refractivity contribution >= 4 is 5.78 Å². The van der Waals surface area contributed by atoms with Crippen molar-refractivity contribution in [1.29, 1.82) is 0 Å². The van der Waals surface area contributed by atoms with Gasteiger partial charge in [-0.15, -0.1) is 0 Å². The molecule has 0 N–H and O–H groups in total. The van der Waals surface area contributed by atoms with Crippen LogP contribution < -0.4 is 0 Å². The summed E-state index contributed by atoms with van der Waals surface area (Å²) in [6.45, 7) is 2.04. The van der Waals surface area contributed by atoms with Crippen molar-refractivity contribution in [2.24, 2.45) is 11.8 Å². The van der Waals surface area contributed by atoms with E-state index in [2.05, 4.69) is 6.92 Å². The zero-order chi connectivity index (χ0) is 12.0. The predicted molar refractivity (Wildman–Crippen MR) is 61.8 cm³/mol. The molecule has 92 valence electrons. The first-order valence-electron chi connectivity index (χ1n) is 6.29. The molecule has 1 aliphatic rings. The number of rotatable bonds is 6. The number of nitrogens with zero attached hydrogens (tertiary/aromatic N) is 1. The monoisotopic (exact) mass is 227 g/mol. The molecule has 1 rings (SSSR count). The molecule has 0 aromatic rings. The first kappa shape index (κ1) is 13.1. The number of hydrogen-bond acceptors (Lipinski definition) is 3. The molecule has 0 aromatic heterocycles. The summed E-state index contributed by atoms with van der Waals surface area (Å²) in [6, 6.07) is 0. The lowest BCUT2D eigenvalue weighted by Gasteiger charge is -2.26. The van der Waals surface area contributed by atoms with Crippen LogP contribution in [0.15, 0.2) is 0 Å². The van der Waals surface area contributed by atoms with E-state index in [-0.39, 0.29) is 29.1 Å². The fourth-order valence-electron chi connectivity index (χ4n) is 2.59. The van der Waals surface area contributed by atoms with Crippen LogP contribution >= 0.6 is 0 Å². The Kier molecular flexibility index (Phi) is 5.43. The average molecular weight is 227 g/mol. The maximum Gasteiger partial charge on any atom is 0.207 e. The summed E-state index contributed by atoms with van der Waals surface area (Å²) in [7, 11) is 0. The quantitative estimate of drug-likeness (QED) is 0.518. The minimum atomic E-state index is -0.262. The topological polar surface area (TPSA) is 60.2 Å². The highest BCUT2D eigenvalue weighted by Gasteiger charge is 2.32. The SMILES string of the molecule is CCCC[C@@H](C[N+](=O)[O-])[C@H]1CCCCC1=O. The van der Waals surface area contributed by atoms with Gasteiger partial charge >= 0.3 is 0 Å². The molecule has 0 aliphatic heterocycles. The Balaban J connectivity index is 2.57. The molecule has 4 heteroatoms. The van der Waals surface area contributed by atoms with Gasteiger partial charge in [-0.25, -0.2) is 0 Å². The van der Waals surface area contributed by atoms with Crippen LogP contribution in [0, 0.1) is 22.0 Å². The van der Waals surface area contributed by atoms with Gasteiger partial charge in [0, 0.05) is 23.2 Å². The Hall–Kier alpha value is -0.930. The highest BCUT2D eigenvalue weighted by Crippen LogP contribution is 2.30. The van der Waals surface area contributed by atoms with Crippen LogP contribution in [-0.4, -0.2) is 17.3 Å². The number of Topliss-reactive ketones (excluding diaryl/α,β-unsaturated/α-hetero) is 1. The van der Waals surface area contributed by atoms with E-state index in [1.165, 1.54) is 0 Å². The molecule has 0 spiro atoms. The summed E-state index contributed by atoms with van der Waals surface area (Å²) in [6.07, 6.45) is 6.36. The molecule has 0 bridgehead atoms. The van der Waals surface area contributed by atoms with Gasteiger partial charge in [0.1, 0.15) is 5.78 Å². The van der Waals surface area contributed by atoms with E-state index in [0.29, 0.717) is 6.42 Å². The summed E-state index contributed by atoms with van der Waals surface area (Å²) in [5, 5.41) is 10.6. The Morgan fingerprint density at radius 1 is 1.50 bits per heavy atom. The Morgan fingerprint density at radius 3 is 2.81 bits per heavy atom. The molecule has 0 radical (unpaired) electrons. The number of unbranched alkanes of at least 4 members (excludes halogenated alkanes) is 1. The summed E-state index contributed by atoms with van der Waals surface area (Å²) in [5.41, 5.74) is 0. The summed E-state index contributed by atoms with van der Waals surface area (Å²) in [5.74, 6) is 0.197. The minimum Gasteiger partial charge on any atom is -0.299 e. The third-order valence-electron chi connectivity index (χ3n) is 3.48. The predicted octanol–water partition coefficient (Wildman–Crippen LogP) is 2.83. The zero-order valence-corrected chi connectivity index (χ0v) is 9.98. The van der Waals surface area contributed by atoms with Crippen LogP contribution in [0.1, 0.15) is 51.9 Å². The van der Waals surface area contributed by atoms with Crippen molar-refractivity contribution < 1.29 is 9.72 Å². The normalized spacial score (nSPS) is 23.1. The Labute approximate surface area is 96.6 Å². The van der Waals surface area contributed by atoms with Crippen LogP contribution in [-0.2, 0) is 4.79 Å². The molecular weight excluding hydrogens is 206 g/mol. The summed E-state index contributed by atoms with van der Waals surface area (Å²) in [4.78, 5) is 22.1. The van der Waals surface area contributed by atoms with E-state index in [1.54, 1.807) is 0 Å². The third kappa shape index (κ3) is 3.91. The lowest BCUT2D eigenvalue weighted by molar-refractivity contribution is -0.489. The van der Waals surface area contributed by atoms with Crippen molar-refractivity contribution in [3.8, 4) is 0 Å². The van der Waals surface area contributed by atoms with Gasteiger partial charge in [-0.05, 0) is 19.3 Å². The highest BCUT2D eigenvalue weighted by atomic mass is 16.6. The molecule has 0 amide bonds. The van der Waals surface area contributed by atoms with E-state index in [0.717, 1.165) is 38.5 Å². The van der Waals surface area contributed by atoms with E-state index in [9.17, 15) is 14.9 Å². The molecular formula is C12H21NO3. The summed E-state index contributed by atoms with van der Waals surface area (Å²) >= 11 is 0. The van der Waals surface area contributed by atoms with Gasteiger partial charge in [-0.1, -0.05) is 26.2 Å². The second kappa shape index (κ2) is 6.61. The lowest BCUT2D eigenvalue weighted by Crippen LogP contribution is -2.31. The van der Waals surface area contributed by atoms with Crippen LogP contribution in [0.25, 0.3) is 0 Å². The number of nitro groups is 1. The maximum atomic E-state index is 11.8. The van der Waals surface area contributed by atoms with Crippen molar-refractivity contribution in [3.05, 3.63) is 10.1 Å². The molecule has 0 aromatic carbocycles. The molecule has 2 atom stereocenters. The van der Waals surface area contributed by atoms with Crippen LogP contribution in [0.4, 0.5) is 0 Å². The van der Waals surface area contributed by atoms with Gasteiger partial charge in [0.2, 0.25) is 6.54 Å². The van der Waals surface area contributed by atoms with Crippen LogP contribution in [0.2, 0.25) is 0 Å². The van der Waals surface area contributed by atoms with Gasteiger partial charge in [0.05, 0.1) is 0 Å². The van der Waals surface area contributed by atoms with Gasteiger partial charge in [-0.2, -0.15) is 0 Å². The van der Waals surface area contributed by atoms with Crippen LogP contribution in [0.3, 0.4) is 0 Å². The molecule has 1 saturated carbocycles. The minimum absolute atomic E-state index is 0.0252. The summed E-state index contributed by atoms with van der Waals surface area (Å²) < 4.78 is 0. The highest BCUT2D eigenvalue weighted by molar-refractivity contribution is 5.81. The second-order valence-corrected chi connectivity index (χ2v) is 4.74. The fraction of sp³-hybridized carbons (Fsp3) is 0.917. The number of carbonyl (C=O) groups excluding carboxylic acids is 1. The molecule has 0 heterocycles. The number of hydrogen-bond donors (Lipinski definition) is 0. The average Bonchev–Trinajstić information content (AvgIpc) is 2.24. The first-order chi connectivity index (χ1) is 7.65. The van der Waals surface area contributed by atoms with E-state index in [1.807, 2.05) is 0 Å². The van der Waals surface area contributed by atoms with E-state index >= 15 is 0 Å². The van der Waals surface area contributed by atoms with Gasteiger partial charge in [0.15, 0.2) is 0 Å². The van der Waals surface area contributed by atoms with Gasteiger partial charge in [-0.3, -0.25) is 14.9 Å². The molecule has 16 heavy (non-hydrogen) atoms. The smallest absolute Gasteiger partial charge is 0.207 e. The van der Waals surface area contributed by atoms with Crippen molar-refractivity contribution in [2.45, 2.75) is 51.9 Å². The fourth-order valence-corrected chi connectivity index (χ4v) is 2.59. The van der Waals surface area contributed by atoms with E-state index in [4.69, 9.17) is 0 Å². The maximum absolute atomic E-state index is 11.8. The molecule has 4 nitrogen and oxygen atoms in total. The van der Waals surface area contributed by atoms with Crippen molar-refractivity contribution in [2.75, 3.05) is 6.54 Å². The standard InChI is InChI=1S/C12H21NO3/c1-2-3-6-10(9-13(15)16)11-7-4-5-8-12(11)14/h10-11H,2-9H2,1H3/t10-,11+/m0/s1. The number of ketones is 1. The number of carbonyl (C=O) groups is 1.